The lowest BCUT2D eigenvalue weighted by Gasteiger charge is -2.26. The average Bonchev–Trinajstić information content (AvgIpc) is 2.27. The van der Waals surface area contributed by atoms with Crippen molar-refractivity contribution < 1.29 is 14.6 Å². The van der Waals surface area contributed by atoms with E-state index in [0.717, 1.165) is 24.5 Å². The highest BCUT2D eigenvalue weighted by atomic mass is 32.2. The van der Waals surface area contributed by atoms with Crippen LogP contribution in [0, 0.1) is 0 Å². The minimum absolute atomic E-state index is 0.430. The number of hydrogen-bond acceptors (Lipinski definition) is 4. The first-order chi connectivity index (χ1) is 7.79. The molecular weight excluding hydrogens is 224 g/mol. The van der Waals surface area contributed by atoms with Gasteiger partial charge >= 0.3 is 0 Å². The molecule has 16 heavy (non-hydrogen) atoms. The second-order valence-corrected chi connectivity index (χ2v) is 5.12. The summed E-state index contributed by atoms with van der Waals surface area (Å²) in [5.41, 5.74) is 0.909. The van der Waals surface area contributed by atoms with Crippen molar-refractivity contribution in [2.24, 2.45) is 0 Å². The van der Waals surface area contributed by atoms with Gasteiger partial charge in [0, 0.05) is 5.75 Å². The largest absolute Gasteiger partial charge is 0.497 e. The maximum Gasteiger partial charge on any atom is 0.119 e. The van der Waals surface area contributed by atoms with E-state index in [-0.39, 0.29) is 0 Å². The smallest absolute Gasteiger partial charge is 0.119 e. The van der Waals surface area contributed by atoms with Gasteiger partial charge in [-0.15, -0.1) is 0 Å². The molecule has 1 saturated heterocycles. The molecule has 88 valence electrons. The van der Waals surface area contributed by atoms with E-state index in [4.69, 9.17) is 9.47 Å². The summed E-state index contributed by atoms with van der Waals surface area (Å²) < 4.78 is 10.2. The third kappa shape index (κ3) is 2.90. The Morgan fingerprint density at radius 2 is 2.38 bits per heavy atom. The van der Waals surface area contributed by atoms with Gasteiger partial charge in [-0.3, -0.25) is 0 Å². The highest BCUT2D eigenvalue weighted by Gasteiger charge is 2.20. The molecule has 1 heterocycles. The number of methoxy groups -OCH3 is 1. The second kappa shape index (κ2) is 5.57. The van der Waals surface area contributed by atoms with Crippen LogP contribution in [0.5, 0.6) is 5.75 Å². The fourth-order valence-corrected chi connectivity index (χ4v) is 2.51. The lowest BCUT2D eigenvalue weighted by atomic mass is 10.1. The van der Waals surface area contributed by atoms with Crippen LogP contribution in [-0.4, -0.2) is 36.4 Å². The molecule has 0 aromatic heterocycles. The minimum Gasteiger partial charge on any atom is -0.497 e. The standard InChI is InChI=1S/C12H16O3S/c1-14-10-4-2-3-9(5-10)12(13)8-16-11-6-15-7-11/h2-5,11-13H,6-8H2,1H3. The molecule has 0 amide bonds. The lowest BCUT2D eigenvalue weighted by Crippen LogP contribution is -2.31. The van der Waals surface area contributed by atoms with E-state index >= 15 is 0 Å². The molecule has 0 radical (unpaired) electrons. The topological polar surface area (TPSA) is 38.7 Å². The van der Waals surface area contributed by atoms with Crippen molar-refractivity contribution in [1.82, 2.24) is 0 Å². The van der Waals surface area contributed by atoms with Crippen LogP contribution in [0.15, 0.2) is 24.3 Å². The van der Waals surface area contributed by atoms with E-state index < -0.39 is 6.10 Å². The predicted octanol–water partition coefficient (Wildman–Crippen LogP) is 1.86. The molecule has 2 rings (SSSR count). The van der Waals surface area contributed by atoms with E-state index in [1.807, 2.05) is 24.3 Å². The number of rotatable bonds is 5. The number of benzene rings is 1. The Morgan fingerprint density at radius 1 is 1.56 bits per heavy atom. The molecule has 0 spiro atoms. The van der Waals surface area contributed by atoms with Crippen LogP contribution in [0.25, 0.3) is 0 Å². The van der Waals surface area contributed by atoms with Crippen LogP contribution in [0.4, 0.5) is 0 Å². The second-order valence-electron chi connectivity index (χ2n) is 3.79. The normalized spacial score (nSPS) is 17.9. The molecular formula is C12H16O3S. The van der Waals surface area contributed by atoms with Crippen LogP contribution in [-0.2, 0) is 4.74 Å². The molecule has 1 atom stereocenters. The molecule has 3 nitrogen and oxygen atoms in total. The van der Waals surface area contributed by atoms with Gasteiger partial charge in [0.05, 0.1) is 31.7 Å². The maximum absolute atomic E-state index is 9.99. The van der Waals surface area contributed by atoms with Crippen LogP contribution < -0.4 is 4.74 Å². The number of aliphatic hydroxyl groups excluding tert-OH is 1. The fraction of sp³-hybridized carbons (Fsp3) is 0.500. The molecule has 0 saturated carbocycles. The molecule has 0 bridgehead atoms. The van der Waals surface area contributed by atoms with Crippen molar-refractivity contribution in [3.8, 4) is 5.75 Å². The van der Waals surface area contributed by atoms with Crippen LogP contribution in [0.3, 0.4) is 0 Å². The van der Waals surface area contributed by atoms with Crippen molar-refractivity contribution in [3.05, 3.63) is 29.8 Å². The van der Waals surface area contributed by atoms with Crippen molar-refractivity contribution in [2.45, 2.75) is 11.4 Å². The Balaban J connectivity index is 1.88. The van der Waals surface area contributed by atoms with Gasteiger partial charge in [0.1, 0.15) is 5.75 Å². The third-order valence-corrected chi connectivity index (χ3v) is 3.83. The summed E-state index contributed by atoms with van der Waals surface area (Å²) >= 11 is 1.76. The quantitative estimate of drug-likeness (QED) is 0.852. The summed E-state index contributed by atoms with van der Waals surface area (Å²) in [6.07, 6.45) is -0.430. The molecule has 1 aromatic carbocycles. The fourth-order valence-electron chi connectivity index (χ4n) is 1.48. The molecule has 1 unspecified atom stereocenters. The van der Waals surface area contributed by atoms with Crippen molar-refractivity contribution in [2.75, 3.05) is 26.1 Å². The number of aliphatic hydroxyl groups is 1. The van der Waals surface area contributed by atoms with Gasteiger partial charge < -0.3 is 14.6 Å². The first-order valence-electron chi connectivity index (χ1n) is 5.31. The minimum atomic E-state index is -0.430. The van der Waals surface area contributed by atoms with Crippen molar-refractivity contribution in [1.29, 1.82) is 0 Å². The van der Waals surface area contributed by atoms with E-state index in [1.165, 1.54) is 0 Å². The highest BCUT2D eigenvalue weighted by Crippen LogP contribution is 2.26. The maximum atomic E-state index is 9.99. The van der Waals surface area contributed by atoms with Gasteiger partial charge in [-0.25, -0.2) is 0 Å². The Hall–Kier alpha value is -0.710. The number of hydrogen-bond donors (Lipinski definition) is 1. The molecule has 1 aliphatic rings. The van der Waals surface area contributed by atoms with E-state index in [9.17, 15) is 5.11 Å². The van der Waals surface area contributed by atoms with E-state index in [1.54, 1.807) is 18.9 Å². The van der Waals surface area contributed by atoms with E-state index in [0.29, 0.717) is 11.0 Å². The zero-order chi connectivity index (χ0) is 11.4. The third-order valence-electron chi connectivity index (χ3n) is 2.58. The summed E-state index contributed by atoms with van der Waals surface area (Å²) in [6, 6.07) is 7.57. The molecule has 1 aliphatic heterocycles. The number of thioether (sulfide) groups is 1. The molecule has 1 fully saturated rings. The summed E-state index contributed by atoms with van der Waals surface area (Å²) in [6.45, 7) is 1.63. The van der Waals surface area contributed by atoms with Crippen molar-refractivity contribution in [3.63, 3.8) is 0 Å². The van der Waals surface area contributed by atoms with Gasteiger partial charge in [-0.2, -0.15) is 11.8 Å². The monoisotopic (exact) mass is 240 g/mol. The Kier molecular flexibility index (Phi) is 4.09. The first-order valence-corrected chi connectivity index (χ1v) is 6.36. The summed E-state index contributed by atoms with van der Waals surface area (Å²) in [5, 5.41) is 10.5. The summed E-state index contributed by atoms with van der Waals surface area (Å²) in [5.74, 6) is 1.50. The Bertz CT molecular complexity index is 339. The molecule has 1 aromatic rings. The first kappa shape index (κ1) is 11.8. The van der Waals surface area contributed by atoms with E-state index in [2.05, 4.69) is 0 Å². The average molecular weight is 240 g/mol. The molecule has 4 heteroatoms. The van der Waals surface area contributed by atoms with Gasteiger partial charge in [-0.05, 0) is 17.7 Å². The SMILES string of the molecule is COc1cccc(C(O)CSC2COC2)c1. The summed E-state index contributed by atoms with van der Waals surface area (Å²) in [4.78, 5) is 0. The van der Waals surface area contributed by atoms with Crippen LogP contribution in [0.2, 0.25) is 0 Å². The highest BCUT2D eigenvalue weighted by molar-refractivity contribution is 8.00. The van der Waals surface area contributed by atoms with Gasteiger partial charge in [0.15, 0.2) is 0 Å². The Morgan fingerprint density at radius 3 is 3.00 bits per heavy atom. The Labute approximate surface area is 99.8 Å². The number of ether oxygens (including phenoxy) is 2. The van der Waals surface area contributed by atoms with Crippen molar-refractivity contribution >= 4 is 11.8 Å². The lowest BCUT2D eigenvalue weighted by molar-refractivity contribution is 0.0452. The molecule has 1 N–H and O–H groups in total. The van der Waals surface area contributed by atoms with Crippen LogP contribution in [0.1, 0.15) is 11.7 Å². The zero-order valence-electron chi connectivity index (χ0n) is 9.26. The van der Waals surface area contributed by atoms with Gasteiger partial charge in [-0.1, -0.05) is 12.1 Å². The predicted molar refractivity (Wildman–Crippen MR) is 65.0 cm³/mol. The van der Waals surface area contributed by atoms with Gasteiger partial charge in [0.25, 0.3) is 0 Å². The van der Waals surface area contributed by atoms with Gasteiger partial charge in [0.2, 0.25) is 0 Å². The molecule has 0 aliphatic carbocycles. The summed E-state index contributed by atoms with van der Waals surface area (Å²) in [7, 11) is 1.63. The van der Waals surface area contributed by atoms with Crippen LogP contribution >= 0.6 is 11.8 Å². The zero-order valence-corrected chi connectivity index (χ0v) is 10.1.